The Kier molecular flexibility index (Phi) is 3.97. The molecule has 18 heavy (non-hydrogen) atoms. The predicted molar refractivity (Wildman–Crippen MR) is 64.0 cm³/mol. The molecule has 1 aromatic rings. The van der Waals surface area contributed by atoms with Gasteiger partial charge in [-0.3, -0.25) is 0 Å². The highest BCUT2D eigenvalue weighted by molar-refractivity contribution is 5.23. The SMILES string of the molecule is OC(c1cc(F)ccc1F)C1(O)CCCCCC1. The lowest BCUT2D eigenvalue weighted by atomic mass is 9.84. The van der Waals surface area contributed by atoms with E-state index in [0.717, 1.165) is 43.9 Å². The van der Waals surface area contributed by atoms with E-state index < -0.39 is 23.3 Å². The Hall–Kier alpha value is -1.00. The van der Waals surface area contributed by atoms with Gasteiger partial charge in [0.05, 0.1) is 5.60 Å². The van der Waals surface area contributed by atoms with Crippen LogP contribution in [-0.4, -0.2) is 15.8 Å². The van der Waals surface area contributed by atoms with Crippen LogP contribution >= 0.6 is 0 Å². The molecular weight excluding hydrogens is 238 g/mol. The van der Waals surface area contributed by atoms with E-state index in [9.17, 15) is 19.0 Å². The average Bonchev–Trinajstić information content (AvgIpc) is 2.57. The molecule has 1 aliphatic rings. The van der Waals surface area contributed by atoms with Crippen LogP contribution in [0.2, 0.25) is 0 Å². The molecule has 4 heteroatoms. The zero-order valence-electron chi connectivity index (χ0n) is 10.2. The molecule has 1 saturated carbocycles. The highest BCUT2D eigenvalue weighted by atomic mass is 19.1. The lowest BCUT2D eigenvalue weighted by Gasteiger charge is -2.32. The van der Waals surface area contributed by atoms with E-state index in [0.29, 0.717) is 12.8 Å². The van der Waals surface area contributed by atoms with Crippen LogP contribution < -0.4 is 0 Å². The molecule has 1 unspecified atom stereocenters. The number of hydrogen-bond donors (Lipinski definition) is 2. The average molecular weight is 256 g/mol. The summed E-state index contributed by atoms with van der Waals surface area (Å²) in [6.07, 6.45) is 3.07. The zero-order chi connectivity index (χ0) is 13.2. The molecule has 0 amide bonds. The summed E-state index contributed by atoms with van der Waals surface area (Å²) in [5.41, 5.74) is -1.50. The van der Waals surface area contributed by atoms with Crippen LogP contribution in [0.4, 0.5) is 8.78 Å². The van der Waals surface area contributed by atoms with Crippen LogP contribution in [-0.2, 0) is 0 Å². The van der Waals surface area contributed by atoms with E-state index >= 15 is 0 Å². The number of hydrogen-bond acceptors (Lipinski definition) is 2. The molecule has 0 bridgehead atoms. The van der Waals surface area contributed by atoms with Crippen LogP contribution in [0.5, 0.6) is 0 Å². The fourth-order valence-corrected chi connectivity index (χ4v) is 2.63. The number of aliphatic hydroxyl groups is 2. The molecule has 0 aliphatic heterocycles. The Labute approximate surface area is 105 Å². The monoisotopic (exact) mass is 256 g/mol. The van der Waals surface area contributed by atoms with E-state index in [-0.39, 0.29) is 5.56 Å². The van der Waals surface area contributed by atoms with Gasteiger partial charge in [-0.05, 0) is 31.0 Å². The highest BCUT2D eigenvalue weighted by Gasteiger charge is 2.38. The molecule has 100 valence electrons. The summed E-state index contributed by atoms with van der Waals surface area (Å²) in [6.45, 7) is 0. The maximum atomic E-state index is 13.6. The molecule has 2 nitrogen and oxygen atoms in total. The van der Waals surface area contributed by atoms with Crippen molar-refractivity contribution in [1.29, 1.82) is 0 Å². The van der Waals surface area contributed by atoms with Gasteiger partial charge in [0.2, 0.25) is 0 Å². The molecule has 0 heterocycles. The molecule has 0 saturated heterocycles. The Morgan fingerprint density at radius 3 is 2.28 bits per heavy atom. The van der Waals surface area contributed by atoms with Crippen LogP contribution in [0.1, 0.15) is 50.2 Å². The first-order chi connectivity index (χ1) is 8.53. The van der Waals surface area contributed by atoms with Gasteiger partial charge in [-0.25, -0.2) is 8.78 Å². The Balaban J connectivity index is 2.28. The van der Waals surface area contributed by atoms with Gasteiger partial charge >= 0.3 is 0 Å². The van der Waals surface area contributed by atoms with Crippen molar-refractivity contribution < 1.29 is 19.0 Å². The van der Waals surface area contributed by atoms with E-state index in [4.69, 9.17) is 0 Å². The minimum absolute atomic E-state index is 0.153. The van der Waals surface area contributed by atoms with Crippen molar-refractivity contribution in [3.05, 3.63) is 35.4 Å². The summed E-state index contributed by atoms with van der Waals surface area (Å²) in [7, 11) is 0. The molecule has 0 radical (unpaired) electrons. The molecule has 1 aliphatic carbocycles. The van der Waals surface area contributed by atoms with Crippen molar-refractivity contribution in [1.82, 2.24) is 0 Å². The highest BCUT2D eigenvalue weighted by Crippen LogP contribution is 2.38. The minimum Gasteiger partial charge on any atom is -0.387 e. The van der Waals surface area contributed by atoms with Gasteiger partial charge in [-0.2, -0.15) is 0 Å². The first kappa shape index (κ1) is 13.4. The molecule has 0 aromatic heterocycles. The number of aliphatic hydroxyl groups excluding tert-OH is 1. The molecule has 1 fully saturated rings. The van der Waals surface area contributed by atoms with Crippen LogP contribution in [0.25, 0.3) is 0 Å². The summed E-state index contributed by atoms with van der Waals surface area (Å²) < 4.78 is 26.7. The summed E-state index contributed by atoms with van der Waals surface area (Å²) in [5, 5.41) is 20.6. The number of rotatable bonds is 2. The third kappa shape index (κ3) is 2.70. The van der Waals surface area contributed by atoms with Crippen molar-refractivity contribution in [2.45, 2.75) is 50.2 Å². The van der Waals surface area contributed by atoms with Crippen LogP contribution in [0.15, 0.2) is 18.2 Å². The molecule has 1 atom stereocenters. The molecule has 2 rings (SSSR count). The fourth-order valence-electron chi connectivity index (χ4n) is 2.63. The molecule has 2 N–H and O–H groups in total. The third-order valence-corrected chi connectivity index (χ3v) is 3.73. The smallest absolute Gasteiger partial charge is 0.129 e. The predicted octanol–water partition coefficient (Wildman–Crippen LogP) is 3.08. The topological polar surface area (TPSA) is 40.5 Å². The van der Waals surface area contributed by atoms with Gasteiger partial charge in [0.15, 0.2) is 0 Å². The quantitative estimate of drug-likeness (QED) is 0.798. The summed E-state index contributed by atoms with van der Waals surface area (Å²) in [5.74, 6) is -1.29. The fraction of sp³-hybridized carbons (Fsp3) is 0.571. The van der Waals surface area contributed by atoms with Gasteiger partial charge in [0.25, 0.3) is 0 Å². The summed E-state index contributed by atoms with van der Waals surface area (Å²) in [6, 6.07) is 2.94. The lowest BCUT2D eigenvalue weighted by molar-refractivity contribution is -0.0881. The first-order valence-corrected chi connectivity index (χ1v) is 6.38. The van der Waals surface area contributed by atoms with E-state index in [2.05, 4.69) is 0 Å². The van der Waals surface area contributed by atoms with Gasteiger partial charge in [0, 0.05) is 5.56 Å². The third-order valence-electron chi connectivity index (χ3n) is 3.73. The van der Waals surface area contributed by atoms with Crippen molar-refractivity contribution >= 4 is 0 Å². The van der Waals surface area contributed by atoms with Crippen molar-refractivity contribution in [2.24, 2.45) is 0 Å². The molecular formula is C14H18F2O2. The van der Waals surface area contributed by atoms with E-state index in [1.807, 2.05) is 0 Å². The van der Waals surface area contributed by atoms with Crippen molar-refractivity contribution in [3.63, 3.8) is 0 Å². The van der Waals surface area contributed by atoms with E-state index in [1.165, 1.54) is 0 Å². The second-order valence-corrected chi connectivity index (χ2v) is 5.09. The maximum Gasteiger partial charge on any atom is 0.129 e. The van der Waals surface area contributed by atoms with Gasteiger partial charge in [-0.15, -0.1) is 0 Å². The molecule has 1 aromatic carbocycles. The number of halogens is 2. The van der Waals surface area contributed by atoms with Crippen molar-refractivity contribution in [2.75, 3.05) is 0 Å². The maximum absolute atomic E-state index is 13.6. The Bertz CT molecular complexity index is 412. The normalized spacial score (nSPS) is 21.3. The van der Waals surface area contributed by atoms with Crippen LogP contribution in [0, 0.1) is 11.6 Å². The summed E-state index contributed by atoms with van der Waals surface area (Å²) >= 11 is 0. The zero-order valence-corrected chi connectivity index (χ0v) is 10.2. The van der Waals surface area contributed by atoms with Gasteiger partial charge in [-0.1, -0.05) is 25.7 Å². The lowest BCUT2D eigenvalue weighted by Crippen LogP contribution is -2.36. The Morgan fingerprint density at radius 1 is 1.06 bits per heavy atom. The summed E-state index contributed by atoms with van der Waals surface area (Å²) in [4.78, 5) is 0. The number of benzene rings is 1. The minimum atomic E-state index is -1.37. The second-order valence-electron chi connectivity index (χ2n) is 5.09. The first-order valence-electron chi connectivity index (χ1n) is 6.38. The largest absolute Gasteiger partial charge is 0.387 e. The van der Waals surface area contributed by atoms with Gasteiger partial charge in [0.1, 0.15) is 17.7 Å². The van der Waals surface area contributed by atoms with Crippen LogP contribution in [0.3, 0.4) is 0 Å². The van der Waals surface area contributed by atoms with E-state index in [1.54, 1.807) is 0 Å². The molecule has 0 spiro atoms. The second kappa shape index (κ2) is 5.33. The van der Waals surface area contributed by atoms with Crippen molar-refractivity contribution in [3.8, 4) is 0 Å². The Morgan fingerprint density at radius 2 is 1.67 bits per heavy atom. The van der Waals surface area contributed by atoms with Gasteiger partial charge < -0.3 is 10.2 Å². The standard InChI is InChI=1S/C14H18F2O2/c15-10-5-6-12(16)11(9-10)13(17)14(18)7-3-1-2-4-8-14/h5-6,9,13,17-18H,1-4,7-8H2.